The Labute approximate surface area is 99.5 Å². The van der Waals surface area contributed by atoms with Crippen molar-refractivity contribution >= 4 is 0 Å². The summed E-state index contributed by atoms with van der Waals surface area (Å²) in [6.07, 6.45) is 1.93. The van der Waals surface area contributed by atoms with E-state index in [2.05, 4.69) is 10.1 Å². The topological polar surface area (TPSA) is 83.4 Å². The molecular formula is C11H17N3O3. The fraction of sp³-hybridized carbons (Fsp3) is 0.818. The number of hydrogen-bond acceptors (Lipinski definition) is 6. The monoisotopic (exact) mass is 239 g/mol. The molecule has 6 heteroatoms. The molecule has 0 aliphatic carbocycles. The van der Waals surface area contributed by atoms with E-state index in [0.717, 1.165) is 31.9 Å². The van der Waals surface area contributed by atoms with Crippen LogP contribution < -0.4 is 5.73 Å². The van der Waals surface area contributed by atoms with Crippen molar-refractivity contribution in [3.8, 4) is 0 Å². The van der Waals surface area contributed by atoms with Gasteiger partial charge in [-0.05, 0) is 12.8 Å². The molecule has 17 heavy (non-hydrogen) atoms. The smallest absolute Gasteiger partial charge is 0.233 e. The molecule has 0 radical (unpaired) electrons. The van der Waals surface area contributed by atoms with Gasteiger partial charge in [-0.3, -0.25) is 0 Å². The number of aromatic nitrogens is 2. The van der Waals surface area contributed by atoms with Gasteiger partial charge >= 0.3 is 0 Å². The molecule has 0 bridgehead atoms. The number of hydrogen-bond donors (Lipinski definition) is 1. The summed E-state index contributed by atoms with van der Waals surface area (Å²) in [5, 5.41) is 4.07. The molecule has 0 amide bonds. The Kier molecular flexibility index (Phi) is 3.09. The first-order chi connectivity index (χ1) is 8.34. The maximum Gasteiger partial charge on any atom is 0.233 e. The highest BCUT2D eigenvalue weighted by Crippen LogP contribution is 2.28. The molecule has 6 nitrogen and oxygen atoms in total. The summed E-state index contributed by atoms with van der Waals surface area (Å²) in [6, 6.07) is -0.0296. The third kappa shape index (κ3) is 2.20. The number of nitrogens with two attached hydrogens (primary N) is 1. The Morgan fingerprint density at radius 2 is 1.94 bits per heavy atom. The quantitative estimate of drug-likeness (QED) is 0.804. The Balaban J connectivity index is 1.73. The summed E-state index contributed by atoms with van der Waals surface area (Å²) in [5.74, 6) is 1.83. The lowest BCUT2D eigenvalue weighted by molar-refractivity contribution is 0.0830. The van der Waals surface area contributed by atoms with Gasteiger partial charge in [-0.2, -0.15) is 4.98 Å². The van der Waals surface area contributed by atoms with Crippen LogP contribution in [0.2, 0.25) is 0 Å². The highest BCUT2D eigenvalue weighted by Gasteiger charge is 2.32. The molecule has 1 aromatic rings. The van der Waals surface area contributed by atoms with Crippen LogP contribution in [0, 0.1) is 0 Å². The van der Waals surface area contributed by atoms with E-state index in [9.17, 15) is 0 Å². The molecule has 2 aliphatic heterocycles. The highest BCUT2D eigenvalue weighted by atomic mass is 16.5. The lowest BCUT2D eigenvalue weighted by Gasteiger charge is -2.18. The van der Waals surface area contributed by atoms with Crippen molar-refractivity contribution in [2.24, 2.45) is 5.73 Å². The van der Waals surface area contributed by atoms with Crippen molar-refractivity contribution in [1.29, 1.82) is 0 Å². The molecule has 2 unspecified atom stereocenters. The Morgan fingerprint density at radius 1 is 1.12 bits per heavy atom. The summed E-state index contributed by atoms with van der Waals surface area (Å²) in [7, 11) is 0. The van der Waals surface area contributed by atoms with Crippen LogP contribution in [0.25, 0.3) is 0 Å². The van der Waals surface area contributed by atoms with Crippen LogP contribution >= 0.6 is 0 Å². The minimum absolute atomic E-state index is 0.0296. The Hall–Kier alpha value is -0.980. The van der Waals surface area contributed by atoms with Gasteiger partial charge in [0.05, 0.1) is 19.1 Å². The Morgan fingerprint density at radius 3 is 2.65 bits per heavy atom. The van der Waals surface area contributed by atoms with Gasteiger partial charge in [0.1, 0.15) is 0 Å². The summed E-state index contributed by atoms with van der Waals surface area (Å²) in [6.45, 7) is 2.71. The van der Waals surface area contributed by atoms with E-state index < -0.39 is 0 Å². The number of ether oxygens (including phenoxy) is 2. The lowest BCUT2D eigenvalue weighted by atomic mass is 9.99. The molecule has 3 heterocycles. The Bertz CT molecular complexity index is 376. The molecule has 2 atom stereocenters. The van der Waals surface area contributed by atoms with Gasteiger partial charge < -0.3 is 19.7 Å². The van der Waals surface area contributed by atoms with Crippen LogP contribution in [0.4, 0.5) is 0 Å². The molecule has 0 spiro atoms. The molecule has 2 fully saturated rings. The summed E-state index contributed by atoms with van der Waals surface area (Å²) >= 11 is 0. The zero-order valence-electron chi connectivity index (χ0n) is 9.67. The minimum atomic E-state index is -0.0296. The first-order valence-corrected chi connectivity index (χ1v) is 6.09. The maximum absolute atomic E-state index is 5.93. The number of nitrogens with zero attached hydrogens (tertiary/aromatic N) is 2. The van der Waals surface area contributed by atoms with Gasteiger partial charge in [0.25, 0.3) is 0 Å². The second-order valence-electron chi connectivity index (χ2n) is 4.69. The van der Waals surface area contributed by atoms with E-state index in [1.54, 1.807) is 0 Å². The van der Waals surface area contributed by atoms with Crippen molar-refractivity contribution in [1.82, 2.24) is 10.1 Å². The minimum Gasteiger partial charge on any atom is -0.381 e. The van der Waals surface area contributed by atoms with Gasteiger partial charge in [0.2, 0.25) is 5.89 Å². The van der Waals surface area contributed by atoms with Crippen molar-refractivity contribution in [3.05, 3.63) is 11.7 Å². The fourth-order valence-electron chi connectivity index (χ4n) is 2.34. The van der Waals surface area contributed by atoms with Gasteiger partial charge in [0.15, 0.2) is 5.82 Å². The first-order valence-electron chi connectivity index (χ1n) is 6.09. The molecule has 2 saturated heterocycles. The van der Waals surface area contributed by atoms with Crippen molar-refractivity contribution in [3.63, 3.8) is 0 Å². The zero-order valence-corrected chi connectivity index (χ0v) is 9.67. The van der Waals surface area contributed by atoms with E-state index >= 15 is 0 Å². The van der Waals surface area contributed by atoms with Gasteiger partial charge in [-0.15, -0.1) is 0 Å². The molecule has 94 valence electrons. The molecule has 0 aromatic carbocycles. The third-order valence-electron chi connectivity index (χ3n) is 3.49. The standard InChI is InChI=1S/C11H17N3O3/c12-9-6-16-5-8(9)11-13-10(14-17-11)7-1-3-15-4-2-7/h7-9H,1-6,12H2. The highest BCUT2D eigenvalue weighted by molar-refractivity contribution is 5.04. The van der Waals surface area contributed by atoms with E-state index in [0.29, 0.717) is 25.0 Å². The van der Waals surface area contributed by atoms with Gasteiger partial charge in [-0.1, -0.05) is 5.16 Å². The van der Waals surface area contributed by atoms with Crippen LogP contribution in [-0.4, -0.2) is 42.6 Å². The molecule has 0 saturated carbocycles. The normalized spacial score (nSPS) is 30.9. The average molecular weight is 239 g/mol. The SMILES string of the molecule is NC1COCC1c1nc(C2CCOCC2)no1. The van der Waals surface area contributed by atoms with Crippen molar-refractivity contribution < 1.29 is 14.0 Å². The van der Waals surface area contributed by atoms with Gasteiger partial charge in [-0.25, -0.2) is 0 Å². The molecule has 2 aliphatic rings. The molecular weight excluding hydrogens is 222 g/mol. The van der Waals surface area contributed by atoms with E-state index in [-0.39, 0.29) is 12.0 Å². The average Bonchev–Trinajstić information content (AvgIpc) is 2.98. The van der Waals surface area contributed by atoms with Crippen LogP contribution in [0.5, 0.6) is 0 Å². The summed E-state index contributed by atoms with van der Waals surface area (Å²) < 4.78 is 15.9. The summed E-state index contributed by atoms with van der Waals surface area (Å²) in [4.78, 5) is 4.47. The van der Waals surface area contributed by atoms with Crippen molar-refractivity contribution in [2.75, 3.05) is 26.4 Å². The molecule has 3 rings (SSSR count). The second kappa shape index (κ2) is 4.72. The molecule has 1 aromatic heterocycles. The zero-order chi connectivity index (χ0) is 11.7. The van der Waals surface area contributed by atoms with E-state index in [4.69, 9.17) is 19.7 Å². The summed E-state index contributed by atoms with van der Waals surface area (Å²) in [5.41, 5.74) is 5.93. The van der Waals surface area contributed by atoms with Crippen molar-refractivity contribution in [2.45, 2.75) is 30.7 Å². The lowest BCUT2D eigenvalue weighted by Crippen LogP contribution is -2.27. The van der Waals surface area contributed by atoms with Gasteiger partial charge in [0, 0.05) is 25.2 Å². The third-order valence-corrected chi connectivity index (χ3v) is 3.49. The number of rotatable bonds is 2. The molecule has 2 N–H and O–H groups in total. The predicted octanol–water partition coefficient (Wildman–Crippen LogP) is 0.405. The van der Waals surface area contributed by atoms with Crippen LogP contribution in [-0.2, 0) is 9.47 Å². The fourth-order valence-corrected chi connectivity index (χ4v) is 2.34. The van der Waals surface area contributed by atoms with Crippen LogP contribution in [0.15, 0.2) is 4.52 Å². The van der Waals surface area contributed by atoms with E-state index in [1.165, 1.54) is 0 Å². The maximum atomic E-state index is 5.93. The predicted molar refractivity (Wildman–Crippen MR) is 58.6 cm³/mol. The van der Waals surface area contributed by atoms with E-state index in [1.807, 2.05) is 0 Å². The van der Waals surface area contributed by atoms with Crippen LogP contribution in [0.1, 0.15) is 36.4 Å². The first kappa shape index (κ1) is 11.1. The van der Waals surface area contributed by atoms with Crippen LogP contribution in [0.3, 0.4) is 0 Å². The largest absolute Gasteiger partial charge is 0.381 e. The second-order valence-corrected chi connectivity index (χ2v) is 4.69.